The minimum absolute atomic E-state index is 0.0731. The molecule has 0 aromatic rings. The van der Waals surface area contributed by atoms with Gasteiger partial charge in [0.1, 0.15) is 13.2 Å². The first-order valence-corrected chi connectivity index (χ1v) is 32.9. The minimum Gasteiger partial charge on any atom is -0.462 e. The van der Waals surface area contributed by atoms with Gasteiger partial charge in [-0.2, -0.15) is 0 Å². The van der Waals surface area contributed by atoms with Crippen molar-refractivity contribution in [2.45, 2.75) is 341 Å². The molecule has 0 aromatic carbocycles. The van der Waals surface area contributed by atoms with Gasteiger partial charge in [-0.3, -0.25) is 14.4 Å². The van der Waals surface area contributed by atoms with E-state index in [9.17, 15) is 14.4 Å². The molecule has 0 N–H and O–H groups in total. The molecule has 0 aliphatic heterocycles. The molecule has 0 aliphatic rings. The van der Waals surface area contributed by atoms with Gasteiger partial charge in [0.2, 0.25) is 0 Å². The Morgan fingerprint density at radius 1 is 0.276 bits per heavy atom. The Morgan fingerprint density at radius 3 is 0.816 bits per heavy atom. The molecule has 0 aromatic heterocycles. The van der Waals surface area contributed by atoms with Gasteiger partial charge in [0, 0.05) is 19.3 Å². The average Bonchev–Trinajstić information content (AvgIpc) is 3.42. The summed E-state index contributed by atoms with van der Waals surface area (Å²) in [5.41, 5.74) is 0. The van der Waals surface area contributed by atoms with Crippen LogP contribution >= 0.6 is 0 Å². The van der Waals surface area contributed by atoms with Gasteiger partial charge in [0.15, 0.2) is 6.10 Å². The second kappa shape index (κ2) is 64.4. The second-order valence-corrected chi connectivity index (χ2v) is 22.0. The van der Waals surface area contributed by atoms with E-state index in [1.165, 1.54) is 199 Å². The third-order valence-electron chi connectivity index (χ3n) is 14.4. The fourth-order valence-corrected chi connectivity index (χ4v) is 9.53. The topological polar surface area (TPSA) is 78.9 Å². The lowest BCUT2D eigenvalue weighted by Crippen LogP contribution is -2.30. The smallest absolute Gasteiger partial charge is 0.306 e. The molecule has 440 valence electrons. The van der Waals surface area contributed by atoms with Gasteiger partial charge in [-0.1, -0.05) is 299 Å². The first-order chi connectivity index (χ1) is 37.5. The van der Waals surface area contributed by atoms with Crippen molar-refractivity contribution in [3.05, 3.63) is 72.9 Å². The number of ether oxygens (including phenoxy) is 3. The predicted molar refractivity (Wildman–Crippen MR) is 330 cm³/mol. The van der Waals surface area contributed by atoms with Crippen LogP contribution in [0.4, 0.5) is 0 Å². The minimum atomic E-state index is -0.773. The number of carbonyl (C=O) groups is 3. The average molecular weight is 1060 g/mol. The molecule has 1 unspecified atom stereocenters. The quantitative estimate of drug-likeness (QED) is 0.0261. The maximum Gasteiger partial charge on any atom is 0.306 e. The Bertz CT molecular complexity index is 1400. The van der Waals surface area contributed by atoms with Crippen LogP contribution in [0.1, 0.15) is 335 Å². The molecule has 0 radical (unpaired) electrons. The van der Waals surface area contributed by atoms with Crippen molar-refractivity contribution >= 4 is 17.9 Å². The van der Waals surface area contributed by atoms with Gasteiger partial charge in [-0.05, 0) is 89.9 Å². The van der Waals surface area contributed by atoms with E-state index in [4.69, 9.17) is 14.2 Å². The highest BCUT2D eigenvalue weighted by atomic mass is 16.6. The van der Waals surface area contributed by atoms with Crippen molar-refractivity contribution < 1.29 is 28.6 Å². The summed E-state index contributed by atoms with van der Waals surface area (Å²) >= 11 is 0. The zero-order valence-corrected chi connectivity index (χ0v) is 50.5. The number of rotatable bonds is 60. The highest BCUT2D eigenvalue weighted by molar-refractivity contribution is 5.71. The molecular formula is C70H124O6. The van der Waals surface area contributed by atoms with Crippen LogP contribution in [0.5, 0.6) is 0 Å². The van der Waals surface area contributed by atoms with Crippen molar-refractivity contribution in [3.8, 4) is 0 Å². The van der Waals surface area contributed by atoms with Crippen molar-refractivity contribution in [1.82, 2.24) is 0 Å². The van der Waals surface area contributed by atoms with Crippen molar-refractivity contribution in [3.63, 3.8) is 0 Å². The van der Waals surface area contributed by atoms with Gasteiger partial charge in [0.25, 0.3) is 0 Å². The first kappa shape index (κ1) is 72.8. The zero-order valence-electron chi connectivity index (χ0n) is 50.5. The van der Waals surface area contributed by atoms with Gasteiger partial charge >= 0.3 is 17.9 Å². The van der Waals surface area contributed by atoms with Gasteiger partial charge in [-0.25, -0.2) is 0 Å². The summed E-state index contributed by atoms with van der Waals surface area (Å²) < 4.78 is 16.8. The van der Waals surface area contributed by atoms with Gasteiger partial charge in [-0.15, -0.1) is 0 Å². The van der Waals surface area contributed by atoms with Gasteiger partial charge < -0.3 is 14.2 Å². The molecule has 6 heteroatoms. The van der Waals surface area contributed by atoms with Crippen molar-refractivity contribution in [2.24, 2.45) is 0 Å². The molecule has 0 fully saturated rings. The number of hydrogen-bond acceptors (Lipinski definition) is 6. The Labute approximate surface area is 472 Å². The molecule has 0 aliphatic carbocycles. The summed E-state index contributed by atoms with van der Waals surface area (Å²) in [6, 6.07) is 0. The molecule has 0 bridgehead atoms. The normalized spacial score (nSPS) is 12.5. The largest absolute Gasteiger partial charge is 0.462 e. The molecular weight excluding hydrogens is 937 g/mol. The molecule has 0 rings (SSSR count). The van der Waals surface area contributed by atoms with Crippen LogP contribution in [0.15, 0.2) is 72.9 Å². The zero-order chi connectivity index (χ0) is 55.0. The Kier molecular flexibility index (Phi) is 61.7. The third-order valence-corrected chi connectivity index (χ3v) is 14.4. The van der Waals surface area contributed by atoms with E-state index in [1.54, 1.807) is 0 Å². The second-order valence-electron chi connectivity index (χ2n) is 22.0. The van der Waals surface area contributed by atoms with Crippen molar-refractivity contribution in [1.29, 1.82) is 0 Å². The maximum atomic E-state index is 12.8. The standard InChI is InChI=1S/C70H124O6/c1-4-7-10-13-16-19-21-23-25-26-27-28-29-30-31-32-33-34-35-36-37-38-39-40-41-42-43-44-46-47-49-51-54-57-60-63-69(72)75-66-67(65-74-68(71)62-59-56-53-18-15-12-9-6-3)76-70(73)64-61-58-55-52-50-48-45-24-22-20-17-14-11-8-5-2/h7,10,16,19,23-25,27-28,30-31,45,67H,4-6,8-9,11-15,17-18,20-22,26,29,32-44,46-66H2,1-3H3/b10-7-,19-16-,25-23-,28-27-,31-30-,45-24-. The third kappa shape index (κ3) is 61.7. The highest BCUT2D eigenvalue weighted by Crippen LogP contribution is 2.17. The number of unbranched alkanes of at least 4 members (excludes halogenated alkanes) is 37. The molecule has 0 heterocycles. The van der Waals surface area contributed by atoms with Crippen molar-refractivity contribution in [2.75, 3.05) is 13.2 Å². The summed E-state index contributed by atoms with van der Waals surface area (Å²) in [5, 5.41) is 0. The molecule has 0 saturated heterocycles. The number of hydrogen-bond donors (Lipinski definition) is 0. The summed E-state index contributed by atoms with van der Waals surface area (Å²) in [7, 11) is 0. The summed E-state index contributed by atoms with van der Waals surface area (Å²) in [6.07, 6.45) is 83.8. The Morgan fingerprint density at radius 2 is 0.513 bits per heavy atom. The summed E-state index contributed by atoms with van der Waals surface area (Å²) in [4.78, 5) is 38.1. The number of carbonyl (C=O) groups excluding carboxylic acids is 3. The van der Waals surface area contributed by atoms with Crippen LogP contribution in [0, 0.1) is 0 Å². The fourth-order valence-electron chi connectivity index (χ4n) is 9.53. The molecule has 0 spiro atoms. The predicted octanol–water partition coefficient (Wildman–Crippen LogP) is 22.5. The van der Waals surface area contributed by atoms with Gasteiger partial charge in [0.05, 0.1) is 0 Å². The van der Waals surface area contributed by atoms with E-state index >= 15 is 0 Å². The molecule has 6 nitrogen and oxygen atoms in total. The van der Waals surface area contributed by atoms with E-state index < -0.39 is 6.10 Å². The monoisotopic (exact) mass is 1060 g/mol. The van der Waals surface area contributed by atoms with E-state index in [1.807, 2.05) is 0 Å². The number of esters is 3. The molecule has 1 atom stereocenters. The maximum absolute atomic E-state index is 12.8. The van der Waals surface area contributed by atoms with E-state index in [0.717, 1.165) is 96.3 Å². The van der Waals surface area contributed by atoms with Crippen LogP contribution in [-0.2, 0) is 28.6 Å². The molecule has 0 amide bonds. The van der Waals surface area contributed by atoms with E-state index in [2.05, 4.69) is 93.7 Å². The van der Waals surface area contributed by atoms with Crippen LogP contribution < -0.4 is 0 Å². The van der Waals surface area contributed by atoms with Crippen LogP contribution in [0.2, 0.25) is 0 Å². The Hall–Kier alpha value is -3.15. The lowest BCUT2D eigenvalue weighted by atomic mass is 10.0. The SMILES string of the molecule is CC/C=C\C/C=C\C/C=C\C/C=C\C/C=C\CCCCCCCCCCCCCCCCCCCCCC(=O)OCC(COC(=O)CCCCCCCCCC)OC(=O)CCCCCCC/C=C\CCCCCCCC. The number of allylic oxidation sites excluding steroid dienone is 12. The lowest BCUT2D eigenvalue weighted by Gasteiger charge is -2.18. The Balaban J connectivity index is 3.99. The van der Waals surface area contributed by atoms with Crippen LogP contribution in [0.3, 0.4) is 0 Å². The lowest BCUT2D eigenvalue weighted by molar-refractivity contribution is -0.167. The molecule has 0 saturated carbocycles. The van der Waals surface area contributed by atoms with E-state index in [-0.39, 0.29) is 31.1 Å². The van der Waals surface area contributed by atoms with Crippen LogP contribution in [0.25, 0.3) is 0 Å². The molecule has 76 heavy (non-hydrogen) atoms. The first-order valence-electron chi connectivity index (χ1n) is 32.9. The fraction of sp³-hybridized carbons (Fsp3) is 0.786. The van der Waals surface area contributed by atoms with Crippen LogP contribution in [-0.4, -0.2) is 37.2 Å². The highest BCUT2D eigenvalue weighted by Gasteiger charge is 2.19. The summed E-state index contributed by atoms with van der Waals surface area (Å²) in [5.74, 6) is -0.870. The summed E-state index contributed by atoms with van der Waals surface area (Å²) in [6.45, 7) is 6.52. The van der Waals surface area contributed by atoms with E-state index in [0.29, 0.717) is 19.3 Å².